The van der Waals surface area contributed by atoms with Crippen LogP contribution in [-0.2, 0) is 16.1 Å². The third-order valence-electron chi connectivity index (χ3n) is 6.55. The molecule has 7 heteroatoms. The second-order valence-corrected chi connectivity index (χ2v) is 9.48. The van der Waals surface area contributed by atoms with Crippen molar-refractivity contribution in [2.24, 2.45) is 5.92 Å². The Bertz CT molecular complexity index is 885. The Hall–Kier alpha value is -2.51. The number of hydrogen-bond donors (Lipinski definition) is 0. The quantitative estimate of drug-likeness (QED) is 0.706. The van der Waals surface area contributed by atoms with E-state index in [9.17, 15) is 4.79 Å². The fourth-order valence-corrected chi connectivity index (χ4v) is 4.84. The van der Waals surface area contributed by atoms with Crippen LogP contribution in [0.4, 0.5) is 11.6 Å². The van der Waals surface area contributed by atoms with Crippen molar-refractivity contribution in [1.29, 1.82) is 0 Å². The molecule has 0 atom stereocenters. The van der Waals surface area contributed by atoms with Gasteiger partial charge in [-0.05, 0) is 42.9 Å². The number of benzene rings is 1. The number of fused-ring (bicyclic) bond motifs is 1. The van der Waals surface area contributed by atoms with E-state index >= 15 is 0 Å². The highest BCUT2D eigenvalue weighted by Crippen LogP contribution is 2.27. The fraction of sp³-hybridized carbons (Fsp3) is 0.577. The Kier molecular flexibility index (Phi) is 8.29. The van der Waals surface area contributed by atoms with Gasteiger partial charge in [-0.25, -0.2) is 9.97 Å². The Labute approximate surface area is 197 Å². The summed E-state index contributed by atoms with van der Waals surface area (Å²) in [5.74, 6) is 1.30. The number of rotatable bonds is 4. The van der Waals surface area contributed by atoms with Crippen LogP contribution in [-0.4, -0.2) is 66.2 Å². The molecule has 33 heavy (non-hydrogen) atoms. The number of aromatic nitrogens is 2. The van der Waals surface area contributed by atoms with Gasteiger partial charge in [-0.1, -0.05) is 32.0 Å². The standard InChI is InChI=1S/C26H37N5O2/c1-21(2)19-25(32)31-14-6-13-29(26-27-11-5-12-28-26)15-16-30(23-9-17-33-18-10-23)20-22-7-3-4-8-24(22)31/h3-5,7-8,11-12,21,23H,6,9-10,13-20H2,1-2H3. The predicted molar refractivity (Wildman–Crippen MR) is 131 cm³/mol. The molecule has 0 saturated carbocycles. The molecule has 0 N–H and O–H groups in total. The second kappa shape index (κ2) is 11.6. The smallest absolute Gasteiger partial charge is 0.227 e. The van der Waals surface area contributed by atoms with Gasteiger partial charge in [0.25, 0.3) is 0 Å². The summed E-state index contributed by atoms with van der Waals surface area (Å²) in [6, 6.07) is 10.8. The summed E-state index contributed by atoms with van der Waals surface area (Å²) in [7, 11) is 0. The van der Waals surface area contributed by atoms with Crippen molar-refractivity contribution >= 4 is 17.5 Å². The molecule has 4 rings (SSSR count). The Morgan fingerprint density at radius 2 is 1.79 bits per heavy atom. The van der Waals surface area contributed by atoms with Gasteiger partial charge in [0.05, 0.1) is 0 Å². The number of amides is 1. The average molecular weight is 452 g/mol. The molecule has 1 saturated heterocycles. The molecule has 0 bridgehead atoms. The summed E-state index contributed by atoms with van der Waals surface area (Å²) in [6.45, 7) is 9.98. The number of anilines is 2. The van der Waals surface area contributed by atoms with Gasteiger partial charge in [0, 0.05) is 76.5 Å². The van der Waals surface area contributed by atoms with E-state index in [0.717, 1.165) is 70.3 Å². The third kappa shape index (κ3) is 6.30. The van der Waals surface area contributed by atoms with Gasteiger partial charge in [0.15, 0.2) is 0 Å². The summed E-state index contributed by atoms with van der Waals surface area (Å²) in [6.07, 6.45) is 7.12. The summed E-state index contributed by atoms with van der Waals surface area (Å²) in [4.78, 5) is 29.2. The molecule has 0 aliphatic carbocycles. The number of nitrogens with zero attached hydrogens (tertiary/aromatic N) is 5. The average Bonchev–Trinajstić information content (AvgIpc) is 2.87. The van der Waals surface area contributed by atoms with Crippen molar-refractivity contribution in [3.63, 3.8) is 0 Å². The van der Waals surface area contributed by atoms with Crippen LogP contribution >= 0.6 is 0 Å². The maximum atomic E-state index is 13.3. The highest BCUT2D eigenvalue weighted by molar-refractivity contribution is 5.94. The first-order chi connectivity index (χ1) is 16.1. The highest BCUT2D eigenvalue weighted by Gasteiger charge is 2.26. The Balaban J connectivity index is 1.66. The lowest BCUT2D eigenvalue weighted by molar-refractivity contribution is -0.119. The minimum Gasteiger partial charge on any atom is -0.381 e. The van der Waals surface area contributed by atoms with E-state index in [4.69, 9.17) is 4.74 Å². The van der Waals surface area contributed by atoms with Crippen LogP contribution in [0, 0.1) is 5.92 Å². The van der Waals surface area contributed by atoms with E-state index in [1.54, 1.807) is 12.4 Å². The van der Waals surface area contributed by atoms with Crippen molar-refractivity contribution in [3.05, 3.63) is 48.3 Å². The van der Waals surface area contributed by atoms with E-state index in [2.05, 4.69) is 57.9 Å². The number of carbonyl (C=O) groups is 1. The lowest BCUT2D eigenvalue weighted by atomic mass is 10.0. The molecule has 1 amide bonds. The monoisotopic (exact) mass is 451 g/mol. The van der Waals surface area contributed by atoms with Gasteiger partial charge in [0.2, 0.25) is 11.9 Å². The van der Waals surface area contributed by atoms with Gasteiger partial charge in [-0.2, -0.15) is 0 Å². The first kappa shape index (κ1) is 23.6. The van der Waals surface area contributed by atoms with Crippen LogP contribution in [0.25, 0.3) is 0 Å². The van der Waals surface area contributed by atoms with Crippen LogP contribution in [0.3, 0.4) is 0 Å². The molecule has 0 unspecified atom stereocenters. The molecule has 7 nitrogen and oxygen atoms in total. The molecule has 1 aromatic carbocycles. The number of para-hydroxylation sites is 1. The lowest BCUT2D eigenvalue weighted by Gasteiger charge is -2.36. The zero-order valence-corrected chi connectivity index (χ0v) is 20.0. The normalized spacial score (nSPS) is 19.2. The summed E-state index contributed by atoms with van der Waals surface area (Å²) in [5.41, 5.74) is 2.29. The predicted octanol–water partition coefficient (Wildman–Crippen LogP) is 3.75. The summed E-state index contributed by atoms with van der Waals surface area (Å²) < 4.78 is 5.65. The third-order valence-corrected chi connectivity index (χ3v) is 6.55. The molecule has 3 heterocycles. The Morgan fingerprint density at radius 3 is 2.55 bits per heavy atom. The molecule has 0 spiro atoms. The Morgan fingerprint density at radius 1 is 1.03 bits per heavy atom. The largest absolute Gasteiger partial charge is 0.381 e. The second-order valence-electron chi connectivity index (χ2n) is 9.48. The van der Waals surface area contributed by atoms with E-state index in [1.165, 1.54) is 5.56 Å². The first-order valence-corrected chi connectivity index (χ1v) is 12.3. The van der Waals surface area contributed by atoms with Gasteiger partial charge in [-0.3, -0.25) is 9.69 Å². The van der Waals surface area contributed by atoms with Crippen LogP contribution in [0.1, 0.15) is 45.1 Å². The first-order valence-electron chi connectivity index (χ1n) is 12.3. The van der Waals surface area contributed by atoms with E-state index in [1.807, 2.05) is 11.0 Å². The topological polar surface area (TPSA) is 61.8 Å². The number of carbonyl (C=O) groups excluding carboxylic acids is 1. The minimum atomic E-state index is 0.205. The molecular formula is C26H37N5O2. The highest BCUT2D eigenvalue weighted by atomic mass is 16.5. The van der Waals surface area contributed by atoms with E-state index in [-0.39, 0.29) is 5.91 Å². The molecule has 1 aromatic heterocycles. The number of ether oxygens (including phenoxy) is 1. The zero-order chi connectivity index (χ0) is 23.0. The molecular weight excluding hydrogens is 414 g/mol. The summed E-state index contributed by atoms with van der Waals surface area (Å²) >= 11 is 0. The van der Waals surface area contributed by atoms with Crippen molar-refractivity contribution in [2.45, 2.75) is 52.1 Å². The van der Waals surface area contributed by atoms with Crippen LogP contribution in [0.5, 0.6) is 0 Å². The fourth-order valence-electron chi connectivity index (χ4n) is 4.84. The molecule has 2 aromatic rings. The minimum absolute atomic E-state index is 0.205. The van der Waals surface area contributed by atoms with Crippen molar-refractivity contribution in [3.8, 4) is 0 Å². The van der Waals surface area contributed by atoms with Crippen LogP contribution < -0.4 is 9.80 Å². The van der Waals surface area contributed by atoms with Crippen molar-refractivity contribution < 1.29 is 9.53 Å². The molecule has 178 valence electrons. The maximum absolute atomic E-state index is 13.3. The van der Waals surface area contributed by atoms with Crippen LogP contribution in [0.2, 0.25) is 0 Å². The number of hydrogen-bond acceptors (Lipinski definition) is 6. The van der Waals surface area contributed by atoms with E-state index < -0.39 is 0 Å². The summed E-state index contributed by atoms with van der Waals surface area (Å²) in [5, 5.41) is 0. The lowest BCUT2D eigenvalue weighted by Crippen LogP contribution is -2.43. The molecule has 2 aliphatic rings. The van der Waals surface area contributed by atoms with Gasteiger partial charge >= 0.3 is 0 Å². The van der Waals surface area contributed by atoms with Gasteiger partial charge in [0.1, 0.15) is 0 Å². The maximum Gasteiger partial charge on any atom is 0.227 e. The van der Waals surface area contributed by atoms with Crippen molar-refractivity contribution in [2.75, 3.05) is 49.2 Å². The van der Waals surface area contributed by atoms with Crippen molar-refractivity contribution in [1.82, 2.24) is 14.9 Å². The van der Waals surface area contributed by atoms with Gasteiger partial charge < -0.3 is 14.5 Å². The molecule has 2 aliphatic heterocycles. The van der Waals surface area contributed by atoms with Gasteiger partial charge in [-0.15, -0.1) is 0 Å². The zero-order valence-electron chi connectivity index (χ0n) is 20.0. The van der Waals surface area contributed by atoms with E-state index in [0.29, 0.717) is 24.9 Å². The molecule has 1 fully saturated rings. The SMILES string of the molecule is CC(C)CC(=O)N1CCCN(c2ncccn2)CCN(C2CCOCC2)Cc2ccccc21. The molecule has 0 radical (unpaired) electrons. The van der Waals surface area contributed by atoms with Crippen LogP contribution in [0.15, 0.2) is 42.7 Å².